The zero-order valence-corrected chi connectivity index (χ0v) is 10.4. The highest BCUT2D eigenvalue weighted by Gasteiger charge is 2.02. The highest BCUT2D eigenvalue weighted by molar-refractivity contribution is 7.13. The molecule has 88 valence electrons. The number of carbonyl (C=O) groups is 1. The van der Waals surface area contributed by atoms with Gasteiger partial charge in [-0.1, -0.05) is 11.6 Å². The predicted octanol–water partition coefficient (Wildman–Crippen LogP) is 2.85. The number of nitrogens with one attached hydrogen (secondary N) is 2. The lowest BCUT2D eigenvalue weighted by Crippen LogP contribution is -2.21. The van der Waals surface area contributed by atoms with E-state index in [9.17, 15) is 4.79 Å². The Hall–Kier alpha value is -1.59. The fourth-order valence-corrected chi connectivity index (χ4v) is 1.86. The first-order valence-electron chi connectivity index (χ1n) is 4.93. The maximum absolute atomic E-state index is 11.6. The lowest BCUT2D eigenvalue weighted by atomic mass is 10.3. The molecule has 0 aliphatic rings. The van der Waals surface area contributed by atoms with E-state index in [0.717, 1.165) is 10.8 Å². The number of benzene rings is 1. The molecule has 4 nitrogen and oxygen atoms in total. The van der Waals surface area contributed by atoms with E-state index in [0.29, 0.717) is 5.02 Å². The largest absolute Gasteiger partial charge is 0.352 e. The second kappa shape index (κ2) is 5.65. The number of thiazole rings is 1. The van der Waals surface area contributed by atoms with E-state index in [1.807, 2.05) is 5.38 Å². The zero-order valence-electron chi connectivity index (χ0n) is 8.81. The van der Waals surface area contributed by atoms with Gasteiger partial charge in [0.1, 0.15) is 0 Å². The smallest absolute Gasteiger partial charge is 0.243 e. The number of rotatable bonds is 4. The summed E-state index contributed by atoms with van der Waals surface area (Å²) in [5, 5.41) is 8.90. The van der Waals surface area contributed by atoms with Crippen LogP contribution in [0, 0.1) is 0 Å². The third-order valence-corrected chi connectivity index (χ3v) is 2.94. The average Bonchev–Trinajstić information content (AvgIpc) is 2.83. The van der Waals surface area contributed by atoms with Crippen molar-refractivity contribution in [3.05, 3.63) is 40.9 Å². The van der Waals surface area contributed by atoms with Gasteiger partial charge >= 0.3 is 0 Å². The van der Waals surface area contributed by atoms with E-state index in [2.05, 4.69) is 15.6 Å². The van der Waals surface area contributed by atoms with E-state index in [1.165, 1.54) is 11.3 Å². The minimum Gasteiger partial charge on any atom is -0.352 e. The number of amides is 1. The highest BCUT2D eigenvalue weighted by atomic mass is 35.5. The minimum absolute atomic E-state index is 0.123. The normalized spacial score (nSPS) is 9.94. The molecule has 0 fully saturated rings. The summed E-state index contributed by atoms with van der Waals surface area (Å²) in [6.07, 6.45) is 1.68. The zero-order chi connectivity index (χ0) is 12.1. The van der Waals surface area contributed by atoms with Crippen molar-refractivity contribution in [1.82, 2.24) is 4.98 Å². The highest BCUT2D eigenvalue weighted by Crippen LogP contribution is 2.13. The van der Waals surface area contributed by atoms with E-state index in [4.69, 9.17) is 11.6 Å². The molecule has 0 aliphatic carbocycles. The van der Waals surface area contributed by atoms with Crippen LogP contribution in [0.25, 0.3) is 0 Å². The van der Waals surface area contributed by atoms with Gasteiger partial charge in [-0.3, -0.25) is 4.79 Å². The summed E-state index contributed by atoms with van der Waals surface area (Å²) < 4.78 is 0. The standard InChI is InChI=1S/C11H10ClN3OS/c12-8-1-3-9(4-2-8)15-10(16)7-14-11-13-5-6-17-11/h1-6H,7H2,(H,13,14)(H,15,16). The molecule has 1 aromatic carbocycles. The first kappa shape index (κ1) is 11.9. The summed E-state index contributed by atoms with van der Waals surface area (Å²) >= 11 is 7.20. The molecule has 1 aromatic heterocycles. The summed E-state index contributed by atoms with van der Waals surface area (Å²) in [4.78, 5) is 15.6. The van der Waals surface area contributed by atoms with Crippen molar-refractivity contribution in [1.29, 1.82) is 0 Å². The topological polar surface area (TPSA) is 54.0 Å². The Bertz CT molecular complexity index is 484. The van der Waals surface area contributed by atoms with Crippen molar-refractivity contribution >= 4 is 39.7 Å². The Morgan fingerprint density at radius 3 is 2.76 bits per heavy atom. The summed E-state index contributed by atoms with van der Waals surface area (Å²) in [6.45, 7) is 0.191. The number of halogens is 1. The quantitative estimate of drug-likeness (QED) is 0.896. The van der Waals surface area contributed by atoms with Crippen LogP contribution in [0.1, 0.15) is 0 Å². The van der Waals surface area contributed by atoms with Crippen LogP contribution < -0.4 is 10.6 Å². The van der Waals surface area contributed by atoms with Crippen LogP contribution in [-0.4, -0.2) is 17.4 Å². The molecular formula is C11H10ClN3OS. The molecule has 17 heavy (non-hydrogen) atoms. The van der Waals surface area contributed by atoms with Gasteiger partial charge in [-0.05, 0) is 24.3 Å². The molecule has 0 saturated heterocycles. The second-order valence-electron chi connectivity index (χ2n) is 3.25. The number of hydrogen-bond acceptors (Lipinski definition) is 4. The molecule has 1 heterocycles. The second-order valence-corrected chi connectivity index (χ2v) is 4.58. The maximum atomic E-state index is 11.6. The number of nitrogens with zero attached hydrogens (tertiary/aromatic N) is 1. The van der Waals surface area contributed by atoms with Crippen molar-refractivity contribution in [2.24, 2.45) is 0 Å². The third-order valence-electron chi connectivity index (χ3n) is 1.96. The van der Waals surface area contributed by atoms with Gasteiger partial charge in [-0.2, -0.15) is 0 Å². The molecule has 0 radical (unpaired) electrons. The Labute approximate surface area is 108 Å². The Kier molecular flexibility index (Phi) is 3.95. The van der Waals surface area contributed by atoms with Crippen molar-refractivity contribution in [2.45, 2.75) is 0 Å². The summed E-state index contributed by atoms with van der Waals surface area (Å²) in [6, 6.07) is 6.96. The lowest BCUT2D eigenvalue weighted by Gasteiger charge is -2.05. The maximum Gasteiger partial charge on any atom is 0.243 e. The van der Waals surface area contributed by atoms with Crippen LogP contribution in [0.4, 0.5) is 10.8 Å². The number of anilines is 2. The molecule has 2 N–H and O–H groups in total. The SMILES string of the molecule is O=C(CNc1nccs1)Nc1ccc(Cl)cc1. The van der Waals surface area contributed by atoms with Crippen molar-refractivity contribution < 1.29 is 4.79 Å². The fraction of sp³-hybridized carbons (Fsp3) is 0.0909. The molecule has 6 heteroatoms. The van der Waals surface area contributed by atoms with Crippen LogP contribution >= 0.6 is 22.9 Å². The molecule has 0 aliphatic heterocycles. The van der Waals surface area contributed by atoms with E-state index in [1.54, 1.807) is 30.5 Å². The summed E-state index contributed by atoms with van der Waals surface area (Å²) in [7, 11) is 0. The van der Waals surface area contributed by atoms with Crippen molar-refractivity contribution in [2.75, 3.05) is 17.2 Å². The van der Waals surface area contributed by atoms with Gasteiger partial charge in [0.25, 0.3) is 0 Å². The molecule has 0 atom stereocenters. The van der Waals surface area contributed by atoms with Crippen LogP contribution in [0.3, 0.4) is 0 Å². The van der Waals surface area contributed by atoms with Gasteiger partial charge in [-0.25, -0.2) is 4.98 Å². The number of hydrogen-bond donors (Lipinski definition) is 2. The Morgan fingerprint density at radius 1 is 1.35 bits per heavy atom. The molecule has 2 aromatic rings. The predicted molar refractivity (Wildman–Crippen MR) is 70.7 cm³/mol. The molecule has 0 bridgehead atoms. The van der Waals surface area contributed by atoms with Gasteiger partial charge in [0.15, 0.2) is 5.13 Å². The lowest BCUT2D eigenvalue weighted by molar-refractivity contribution is -0.114. The monoisotopic (exact) mass is 267 g/mol. The van der Waals surface area contributed by atoms with Gasteiger partial charge in [-0.15, -0.1) is 11.3 Å². The Balaban J connectivity index is 1.83. The van der Waals surface area contributed by atoms with E-state index < -0.39 is 0 Å². The van der Waals surface area contributed by atoms with Crippen LogP contribution in [0.5, 0.6) is 0 Å². The summed E-state index contributed by atoms with van der Waals surface area (Å²) in [5.41, 5.74) is 0.723. The van der Waals surface area contributed by atoms with Crippen LogP contribution in [0.2, 0.25) is 5.02 Å². The van der Waals surface area contributed by atoms with Crippen LogP contribution in [-0.2, 0) is 4.79 Å². The Morgan fingerprint density at radius 2 is 2.12 bits per heavy atom. The summed E-state index contributed by atoms with van der Waals surface area (Å²) in [5.74, 6) is -0.123. The minimum atomic E-state index is -0.123. The average molecular weight is 268 g/mol. The van der Waals surface area contributed by atoms with Crippen LogP contribution in [0.15, 0.2) is 35.8 Å². The molecule has 1 amide bonds. The van der Waals surface area contributed by atoms with E-state index in [-0.39, 0.29) is 12.5 Å². The third kappa shape index (κ3) is 3.72. The fourth-order valence-electron chi connectivity index (χ4n) is 1.21. The molecule has 0 spiro atoms. The van der Waals surface area contributed by atoms with Gasteiger partial charge in [0.2, 0.25) is 5.91 Å². The van der Waals surface area contributed by atoms with Crippen molar-refractivity contribution in [3.8, 4) is 0 Å². The number of carbonyl (C=O) groups excluding carboxylic acids is 1. The van der Waals surface area contributed by atoms with Crippen molar-refractivity contribution in [3.63, 3.8) is 0 Å². The molecule has 0 saturated carbocycles. The van der Waals surface area contributed by atoms with Gasteiger partial charge in [0.05, 0.1) is 6.54 Å². The van der Waals surface area contributed by atoms with Gasteiger partial charge < -0.3 is 10.6 Å². The first-order chi connectivity index (χ1) is 8.24. The molecular weight excluding hydrogens is 258 g/mol. The first-order valence-corrected chi connectivity index (χ1v) is 6.18. The number of aromatic nitrogens is 1. The van der Waals surface area contributed by atoms with Gasteiger partial charge in [0, 0.05) is 22.3 Å². The molecule has 2 rings (SSSR count). The molecule has 0 unspecified atom stereocenters. The van der Waals surface area contributed by atoms with E-state index >= 15 is 0 Å².